The minimum Gasteiger partial charge on any atom is -0.394 e. The molecule has 0 bridgehead atoms. The predicted octanol–water partition coefficient (Wildman–Crippen LogP) is -0.163. The summed E-state index contributed by atoms with van der Waals surface area (Å²) in [5.74, 6) is -0.0888. The molecule has 8 nitrogen and oxygen atoms in total. The van der Waals surface area contributed by atoms with Crippen molar-refractivity contribution in [2.24, 2.45) is 0 Å². The third-order valence-corrected chi connectivity index (χ3v) is 3.67. The van der Waals surface area contributed by atoms with Crippen molar-refractivity contribution in [1.29, 1.82) is 0 Å². The van der Waals surface area contributed by atoms with Crippen LogP contribution in [-0.2, 0) is 9.53 Å². The number of rotatable bonds is 9. The number of urea groups is 1. The Hall–Kier alpha value is -1.64. The minimum absolute atomic E-state index is 0.0185. The molecule has 0 aliphatic carbocycles. The van der Waals surface area contributed by atoms with Gasteiger partial charge in [-0.25, -0.2) is 4.79 Å². The van der Waals surface area contributed by atoms with Crippen LogP contribution in [-0.4, -0.2) is 80.0 Å². The third-order valence-electron chi connectivity index (χ3n) is 3.67. The van der Waals surface area contributed by atoms with E-state index in [2.05, 4.69) is 20.9 Å². The van der Waals surface area contributed by atoms with E-state index in [9.17, 15) is 14.7 Å². The second kappa shape index (κ2) is 11.1. The van der Waals surface area contributed by atoms with Gasteiger partial charge in [0.1, 0.15) is 6.10 Å². The lowest BCUT2D eigenvalue weighted by Gasteiger charge is -2.31. The highest BCUT2D eigenvalue weighted by Gasteiger charge is 2.29. The van der Waals surface area contributed by atoms with Crippen molar-refractivity contribution >= 4 is 11.9 Å². The molecule has 0 aromatic heterocycles. The van der Waals surface area contributed by atoms with E-state index in [4.69, 9.17) is 4.74 Å². The molecule has 1 aliphatic heterocycles. The van der Waals surface area contributed by atoms with Crippen molar-refractivity contribution in [3.63, 3.8) is 0 Å². The quantitative estimate of drug-likeness (QED) is 0.339. The maximum Gasteiger partial charge on any atom is 0.315 e. The fourth-order valence-corrected chi connectivity index (χ4v) is 2.47. The summed E-state index contributed by atoms with van der Waals surface area (Å²) in [4.78, 5) is 25.8. The summed E-state index contributed by atoms with van der Waals surface area (Å²) < 4.78 is 5.72. The molecule has 3 atom stereocenters. The van der Waals surface area contributed by atoms with E-state index < -0.39 is 18.2 Å². The Morgan fingerprint density at radius 1 is 1.28 bits per heavy atom. The number of aliphatic hydroxyl groups is 1. The normalized spacial score (nSPS) is 22.9. The van der Waals surface area contributed by atoms with Gasteiger partial charge >= 0.3 is 6.03 Å². The first kappa shape index (κ1) is 21.4. The summed E-state index contributed by atoms with van der Waals surface area (Å²) >= 11 is 0. The van der Waals surface area contributed by atoms with Crippen molar-refractivity contribution < 1.29 is 19.4 Å². The van der Waals surface area contributed by atoms with Crippen LogP contribution in [0.25, 0.3) is 0 Å². The zero-order chi connectivity index (χ0) is 18.8. The van der Waals surface area contributed by atoms with E-state index in [1.165, 1.54) is 0 Å². The van der Waals surface area contributed by atoms with E-state index in [1.54, 1.807) is 12.2 Å². The minimum atomic E-state index is -0.575. The summed E-state index contributed by atoms with van der Waals surface area (Å²) in [5.41, 5.74) is 0. The molecule has 4 N–H and O–H groups in total. The van der Waals surface area contributed by atoms with Crippen LogP contribution in [0.1, 0.15) is 26.7 Å². The first-order valence-corrected chi connectivity index (χ1v) is 8.75. The maximum absolute atomic E-state index is 12.0. The van der Waals surface area contributed by atoms with Crippen LogP contribution >= 0.6 is 0 Å². The zero-order valence-electron chi connectivity index (χ0n) is 15.6. The van der Waals surface area contributed by atoms with E-state index >= 15 is 0 Å². The van der Waals surface area contributed by atoms with Gasteiger partial charge in [0, 0.05) is 12.6 Å². The topological polar surface area (TPSA) is 103 Å². The smallest absolute Gasteiger partial charge is 0.315 e. The van der Waals surface area contributed by atoms with Crippen LogP contribution in [0.5, 0.6) is 0 Å². The summed E-state index contributed by atoms with van der Waals surface area (Å²) in [5, 5.41) is 17.8. The highest BCUT2D eigenvalue weighted by atomic mass is 16.5. The SMILES string of the molecule is CC(C)NC(=O)N[C@H]1C=C[C@@H](CC(=O)NCCCN(C)C)O[C@H]1CO. The molecule has 8 heteroatoms. The number of hydrogen-bond acceptors (Lipinski definition) is 5. The van der Waals surface area contributed by atoms with Crippen LogP contribution in [0.2, 0.25) is 0 Å². The number of hydrogen-bond donors (Lipinski definition) is 4. The maximum atomic E-state index is 12.0. The van der Waals surface area contributed by atoms with Gasteiger partial charge in [-0.1, -0.05) is 12.2 Å². The van der Waals surface area contributed by atoms with Crippen molar-refractivity contribution in [2.75, 3.05) is 33.8 Å². The van der Waals surface area contributed by atoms with Crippen molar-refractivity contribution in [3.05, 3.63) is 12.2 Å². The fourth-order valence-electron chi connectivity index (χ4n) is 2.47. The molecule has 1 aliphatic rings. The molecule has 0 aromatic rings. The van der Waals surface area contributed by atoms with Gasteiger partial charge in [0.05, 0.1) is 25.2 Å². The van der Waals surface area contributed by atoms with Gasteiger partial charge in [-0.05, 0) is 40.9 Å². The van der Waals surface area contributed by atoms with Crippen molar-refractivity contribution in [1.82, 2.24) is 20.9 Å². The second-order valence-corrected chi connectivity index (χ2v) is 6.79. The molecule has 0 saturated heterocycles. The monoisotopic (exact) mass is 356 g/mol. The Labute approximate surface area is 150 Å². The Kier molecular flexibility index (Phi) is 9.48. The van der Waals surface area contributed by atoms with Gasteiger partial charge in [-0.3, -0.25) is 4.79 Å². The molecule has 0 saturated carbocycles. The van der Waals surface area contributed by atoms with E-state index in [0.29, 0.717) is 6.54 Å². The van der Waals surface area contributed by atoms with Crippen LogP contribution in [0, 0.1) is 0 Å². The Balaban J connectivity index is 2.42. The molecule has 0 unspecified atom stereocenters. The lowest BCUT2D eigenvalue weighted by molar-refractivity contribution is -0.125. The standard InChI is InChI=1S/C17H32N4O4/c1-12(2)19-17(24)20-14-7-6-13(25-15(14)11-22)10-16(23)18-8-5-9-21(3)4/h6-7,12-15,22H,5,8-11H2,1-4H3,(H,18,23)(H2,19,20,24)/t13-,14-,15-/m0/s1. The van der Waals surface area contributed by atoms with Gasteiger partial charge in [-0.2, -0.15) is 0 Å². The van der Waals surface area contributed by atoms with Gasteiger partial charge < -0.3 is 30.7 Å². The molecule has 1 heterocycles. The molecule has 0 radical (unpaired) electrons. The third kappa shape index (κ3) is 8.85. The second-order valence-electron chi connectivity index (χ2n) is 6.79. The van der Waals surface area contributed by atoms with Gasteiger partial charge in [0.25, 0.3) is 0 Å². The molecule has 25 heavy (non-hydrogen) atoms. The van der Waals surface area contributed by atoms with Crippen LogP contribution in [0.15, 0.2) is 12.2 Å². The number of carbonyl (C=O) groups is 2. The number of carbonyl (C=O) groups excluding carboxylic acids is 2. The Morgan fingerprint density at radius 3 is 2.60 bits per heavy atom. The molecule has 1 rings (SSSR count). The van der Waals surface area contributed by atoms with Crippen LogP contribution in [0.4, 0.5) is 4.79 Å². The molecule has 0 fully saturated rings. The summed E-state index contributed by atoms with van der Waals surface area (Å²) in [6, 6.07) is -0.725. The largest absolute Gasteiger partial charge is 0.394 e. The number of aliphatic hydroxyl groups excluding tert-OH is 1. The number of nitrogens with one attached hydrogen (secondary N) is 3. The molecular weight excluding hydrogens is 324 g/mol. The van der Waals surface area contributed by atoms with Crippen molar-refractivity contribution in [2.45, 2.75) is 51.0 Å². The Morgan fingerprint density at radius 2 is 2.00 bits per heavy atom. The molecular formula is C17H32N4O4. The summed E-state index contributed by atoms with van der Waals surface area (Å²) in [6.45, 7) is 5.03. The molecule has 144 valence electrons. The Bertz CT molecular complexity index is 454. The van der Waals surface area contributed by atoms with Gasteiger partial charge in [0.2, 0.25) is 5.91 Å². The number of amides is 3. The van der Waals surface area contributed by atoms with E-state index in [-0.39, 0.29) is 31.0 Å². The predicted molar refractivity (Wildman–Crippen MR) is 96.3 cm³/mol. The van der Waals surface area contributed by atoms with Crippen molar-refractivity contribution in [3.8, 4) is 0 Å². The first-order chi connectivity index (χ1) is 11.8. The fraction of sp³-hybridized carbons (Fsp3) is 0.765. The van der Waals surface area contributed by atoms with Gasteiger partial charge in [-0.15, -0.1) is 0 Å². The molecule has 3 amide bonds. The highest BCUT2D eigenvalue weighted by molar-refractivity contribution is 5.77. The van der Waals surface area contributed by atoms with E-state index in [1.807, 2.05) is 27.9 Å². The summed E-state index contributed by atoms with van der Waals surface area (Å²) in [7, 11) is 3.98. The summed E-state index contributed by atoms with van der Waals surface area (Å²) in [6.07, 6.45) is 3.63. The lowest BCUT2D eigenvalue weighted by atomic mass is 10.0. The highest BCUT2D eigenvalue weighted by Crippen LogP contribution is 2.15. The first-order valence-electron chi connectivity index (χ1n) is 8.75. The lowest BCUT2D eigenvalue weighted by Crippen LogP contribution is -2.52. The average molecular weight is 356 g/mol. The van der Waals surface area contributed by atoms with Gasteiger partial charge in [0.15, 0.2) is 0 Å². The average Bonchev–Trinajstić information content (AvgIpc) is 2.52. The number of ether oxygens (including phenoxy) is 1. The van der Waals surface area contributed by atoms with E-state index in [0.717, 1.165) is 13.0 Å². The van der Waals surface area contributed by atoms with Crippen LogP contribution < -0.4 is 16.0 Å². The molecule has 0 aromatic carbocycles. The number of nitrogens with zero attached hydrogens (tertiary/aromatic N) is 1. The zero-order valence-corrected chi connectivity index (χ0v) is 15.6. The molecule has 0 spiro atoms. The van der Waals surface area contributed by atoms with Crippen LogP contribution in [0.3, 0.4) is 0 Å².